The Balaban J connectivity index is 2.27. The SMILES string of the molecule is CCSc1ccccc1C(=O)Nc1ccccc1C(C)CC. The number of amides is 1. The van der Waals surface area contributed by atoms with Gasteiger partial charge in [0.15, 0.2) is 0 Å². The molecule has 0 spiro atoms. The summed E-state index contributed by atoms with van der Waals surface area (Å²) >= 11 is 1.69. The Hall–Kier alpha value is -1.74. The fourth-order valence-corrected chi connectivity index (χ4v) is 3.19. The molecule has 1 amide bonds. The molecular weight excluding hydrogens is 290 g/mol. The van der Waals surface area contributed by atoms with Crippen LogP contribution in [0.2, 0.25) is 0 Å². The number of para-hydroxylation sites is 1. The highest BCUT2D eigenvalue weighted by atomic mass is 32.2. The zero-order valence-corrected chi connectivity index (χ0v) is 14.2. The molecule has 0 bridgehead atoms. The molecule has 0 aliphatic heterocycles. The van der Waals surface area contributed by atoms with Crippen LogP contribution in [0.15, 0.2) is 53.4 Å². The Kier molecular flexibility index (Phi) is 6.08. The molecule has 0 saturated heterocycles. The highest BCUT2D eigenvalue weighted by molar-refractivity contribution is 7.99. The van der Waals surface area contributed by atoms with E-state index in [0.717, 1.165) is 28.3 Å². The third kappa shape index (κ3) is 3.92. The average Bonchev–Trinajstić information content (AvgIpc) is 2.55. The smallest absolute Gasteiger partial charge is 0.256 e. The number of hydrogen-bond acceptors (Lipinski definition) is 2. The molecular formula is C19H23NOS. The molecule has 0 heterocycles. The minimum Gasteiger partial charge on any atom is -0.322 e. The molecule has 0 aromatic heterocycles. The Morgan fingerprint density at radius 3 is 2.50 bits per heavy atom. The molecule has 1 unspecified atom stereocenters. The molecule has 22 heavy (non-hydrogen) atoms. The molecule has 1 atom stereocenters. The van der Waals surface area contributed by atoms with Crippen LogP contribution in [-0.2, 0) is 0 Å². The van der Waals surface area contributed by atoms with E-state index in [9.17, 15) is 4.79 Å². The number of rotatable bonds is 6. The summed E-state index contributed by atoms with van der Waals surface area (Å²) in [6.45, 7) is 6.44. The second-order valence-electron chi connectivity index (χ2n) is 5.28. The van der Waals surface area contributed by atoms with Crippen molar-refractivity contribution in [2.75, 3.05) is 11.1 Å². The lowest BCUT2D eigenvalue weighted by Gasteiger charge is -2.16. The van der Waals surface area contributed by atoms with Crippen molar-refractivity contribution < 1.29 is 4.79 Å². The van der Waals surface area contributed by atoms with Crippen molar-refractivity contribution in [3.63, 3.8) is 0 Å². The third-order valence-electron chi connectivity index (χ3n) is 3.78. The first-order valence-electron chi connectivity index (χ1n) is 7.79. The van der Waals surface area contributed by atoms with Gasteiger partial charge in [0.25, 0.3) is 5.91 Å². The molecule has 2 nitrogen and oxygen atoms in total. The van der Waals surface area contributed by atoms with E-state index in [4.69, 9.17) is 0 Å². The van der Waals surface area contributed by atoms with Crippen LogP contribution in [0.3, 0.4) is 0 Å². The summed E-state index contributed by atoms with van der Waals surface area (Å²) in [6, 6.07) is 15.8. The largest absolute Gasteiger partial charge is 0.322 e. The van der Waals surface area contributed by atoms with Crippen LogP contribution in [0.25, 0.3) is 0 Å². The summed E-state index contributed by atoms with van der Waals surface area (Å²) in [5.41, 5.74) is 2.85. The van der Waals surface area contributed by atoms with Crippen LogP contribution in [0.5, 0.6) is 0 Å². The summed E-state index contributed by atoms with van der Waals surface area (Å²) in [4.78, 5) is 13.7. The van der Waals surface area contributed by atoms with Crippen LogP contribution in [0, 0.1) is 0 Å². The number of benzene rings is 2. The van der Waals surface area contributed by atoms with Gasteiger partial charge in [0.1, 0.15) is 0 Å². The maximum absolute atomic E-state index is 12.6. The van der Waals surface area contributed by atoms with Gasteiger partial charge in [-0.3, -0.25) is 4.79 Å². The van der Waals surface area contributed by atoms with Gasteiger partial charge in [0.05, 0.1) is 5.56 Å². The molecule has 0 fully saturated rings. The zero-order valence-electron chi connectivity index (χ0n) is 13.4. The standard InChI is InChI=1S/C19H23NOS/c1-4-14(3)15-10-6-8-12-17(15)20-19(21)16-11-7-9-13-18(16)22-5-2/h6-14H,4-5H2,1-3H3,(H,20,21). The molecule has 0 radical (unpaired) electrons. The van der Waals surface area contributed by atoms with E-state index in [1.807, 2.05) is 42.5 Å². The van der Waals surface area contributed by atoms with E-state index < -0.39 is 0 Å². The van der Waals surface area contributed by atoms with Crippen LogP contribution in [0.4, 0.5) is 5.69 Å². The lowest BCUT2D eigenvalue weighted by atomic mass is 9.97. The number of anilines is 1. The topological polar surface area (TPSA) is 29.1 Å². The minimum absolute atomic E-state index is 0.0349. The summed E-state index contributed by atoms with van der Waals surface area (Å²) in [6.07, 6.45) is 1.05. The Morgan fingerprint density at radius 1 is 1.09 bits per heavy atom. The van der Waals surface area contributed by atoms with Gasteiger partial charge in [-0.05, 0) is 41.9 Å². The van der Waals surface area contributed by atoms with E-state index in [0.29, 0.717) is 5.92 Å². The minimum atomic E-state index is -0.0349. The maximum atomic E-state index is 12.6. The van der Waals surface area contributed by atoms with Gasteiger partial charge in [-0.25, -0.2) is 0 Å². The zero-order chi connectivity index (χ0) is 15.9. The highest BCUT2D eigenvalue weighted by Crippen LogP contribution is 2.28. The molecule has 2 aromatic carbocycles. The number of carbonyl (C=O) groups is 1. The molecule has 0 saturated carbocycles. The predicted molar refractivity (Wildman–Crippen MR) is 95.9 cm³/mol. The van der Waals surface area contributed by atoms with Gasteiger partial charge in [-0.2, -0.15) is 0 Å². The lowest BCUT2D eigenvalue weighted by Crippen LogP contribution is -2.14. The molecule has 3 heteroatoms. The second-order valence-corrected chi connectivity index (χ2v) is 6.59. The maximum Gasteiger partial charge on any atom is 0.256 e. The first kappa shape index (κ1) is 16.6. The van der Waals surface area contributed by atoms with E-state index in [2.05, 4.69) is 32.2 Å². The second kappa shape index (κ2) is 8.04. The number of hydrogen-bond donors (Lipinski definition) is 1. The first-order valence-corrected chi connectivity index (χ1v) is 8.78. The molecule has 0 aliphatic carbocycles. The molecule has 2 rings (SSSR count). The van der Waals surface area contributed by atoms with Crippen molar-refractivity contribution in [3.05, 3.63) is 59.7 Å². The van der Waals surface area contributed by atoms with Crippen LogP contribution < -0.4 is 5.32 Å². The molecule has 0 aliphatic rings. The number of nitrogens with one attached hydrogen (secondary N) is 1. The van der Waals surface area contributed by atoms with Gasteiger partial charge in [0, 0.05) is 10.6 Å². The van der Waals surface area contributed by atoms with Crippen LogP contribution in [0.1, 0.15) is 49.0 Å². The number of thioether (sulfide) groups is 1. The summed E-state index contributed by atoms with van der Waals surface area (Å²) in [5, 5.41) is 3.09. The quantitative estimate of drug-likeness (QED) is 0.707. The summed E-state index contributed by atoms with van der Waals surface area (Å²) < 4.78 is 0. The van der Waals surface area contributed by atoms with Gasteiger partial charge >= 0.3 is 0 Å². The van der Waals surface area contributed by atoms with Crippen molar-refractivity contribution in [3.8, 4) is 0 Å². The number of carbonyl (C=O) groups excluding carboxylic acids is 1. The Labute approximate surface area is 137 Å². The fourth-order valence-electron chi connectivity index (χ4n) is 2.39. The van der Waals surface area contributed by atoms with Crippen LogP contribution >= 0.6 is 11.8 Å². The van der Waals surface area contributed by atoms with Crippen molar-refractivity contribution in [2.24, 2.45) is 0 Å². The normalized spacial score (nSPS) is 12.0. The average molecular weight is 313 g/mol. The summed E-state index contributed by atoms with van der Waals surface area (Å²) in [7, 11) is 0. The van der Waals surface area contributed by atoms with Crippen molar-refractivity contribution in [1.29, 1.82) is 0 Å². The van der Waals surface area contributed by atoms with E-state index in [-0.39, 0.29) is 5.91 Å². The fraction of sp³-hybridized carbons (Fsp3) is 0.316. The van der Waals surface area contributed by atoms with Gasteiger partial charge < -0.3 is 5.32 Å². The van der Waals surface area contributed by atoms with E-state index >= 15 is 0 Å². The predicted octanol–water partition coefficient (Wildman–Crippen LogP) is 5.56. The van der Waals surface area contributed by atoms with Gasteiger partial charge in [-0.1, -0.05) is 51.1 Å². The van der Waals surface area contributed by atoms with Gasteiger partial charge in [-0.15, -0.1) is 11.8 Å². The van der Waals surface area contributed by atoms with Crippen molar-refractivity contribution >= 4 is 23.4 Å². The van der Waals surface area contributed by atoms with E-state index in [1.165, 1.54) is 5.56 Å². The highest BCUT2D eigenvalue weighted by Gasteiger charge is 2.14. The molecule has 116 valence electrons. The first-order chi connectivity index (χ1) is 10.7. The van der Waals surface area contributed by atoms with Gasteiger partial charge in [0.2, 0.25) is 0 Å². The Bertz CT molecular complexity index is 639. The molecule has 2 aromatic rings. The van der Waals surface area contributed by atoms with Crippen molar-refractivity contribution in [2.45, 2.75) is 38.0 Å². The summed E-state index contributed by atoms with van der Waals surface area (Å²) in [5.74, 6) is 1.34. The Morgan fingerprint density at radius 2 is 1.77 bits per heavy atom. The van der Waals surface area contributed by atoms with Crippen molar-refractivity contribution in [1.82, 2.24) is 0 Å². The third-order valence-corrected chi connectivity index (χ3v) is 4.74. The monoisotopic (exact) mass is 313 g/mol. The molecule has 1 N–H and O–H groups in total. The van der Waals surface area contributed by atoms with Crippen LogP contribution in [-0.4, -0.2) is 11.7 Å². The van der Waals surface area contributed by atoms with E-state index in [1.54, 1.807) is 11.8 Å². The lowest BCUT2D eigenvalue weighted by molar-refractivity contribution is 0.102.